The fraction of sp³-hybridized carbons (Fsp3) is 0.387. The molecule has 0 spiro atoms. The van der Waals surface area contributed by atoms with Crippen molar-refractivity contribution in [1.82, 2.24) is 29.7 Å². The van der Waals surface area contributed by atoms with Crippen LogP contribution in [-0.4, -0.2) is 55.8 Å². The van der Waals surface area contributed by atoms with Crippen LogP contribution in [0.15, 0.2) is 66.3 Å². The number of aryl methyl sites for hydroxylation is 3. The Morgan fingerprint density at radius 3 is 2.66 bits per heavy atom. The van der Waals surface area contributed by atoms with Crippen molar-refractivity contribution in [2.24, 2.45) is 4.99 Å². The predicted molar refractivity (Wildman–Crippen MR) is 153 cm³/mol. The average molecular weight is 508 g/mol. The molecule has 0 bridgehead atoms. The summed E-state index contributed by atoms with van der Waals surface area (Å²) in [6.07, 6.45) is 12.3. The lowest BCUT2D eigenvalue weighted by atomic mass is 9.85. The topological polar surface area (TPSA) is 70.4 Å². The van der Waals surface area contributed by atoms with E-state index in [2.05, 4.69) is 70.3 Å². The van der Waals surface area contributed by atoms with Crippen LogP contribution in [0, 0.1) is 0 Å². The van der Waals surface area contributed by atoms with Gasteiger partial charge in [0.2, 0.25) is 5.96 Å². The molecule has 0 N–H and O–H groups in total. The second-order valence-corrected chi connectivity index (χ2v) is 9.99. The van der Waals surface area contributed by atoms with Gasteiger partial charge in [0.15, 0.2) is 0 Å². The van der Waals surface area contributed by atoms with Gasteiger partial charge in [-0.2, -0.15) is 0 Å². The van der Waals surface area contributed by atoms with Gasteiger partial charge in [0, 0.05) is 56.1 Å². The van der Waals surface area contributed by atoms with Crippen LogP contribution < -0.4 is 0 Å². The molecule has 2 aliphatic heterocycles. The minimum atomic E-state index is 0.414. The Bertz CT molecular complexity index is 1380. The lowest BCUT2D eigenvalue weighted by Crippen LogP contribution is -2.47. The zero-order chi connectivity index (χ0) is 26.6. The Hall–Kier alpha value is -3.87. The maximum absolute atomic E-state index is 5.04. The van der Waals surface area contributed by atoms with Crippen LogP contribution in [0.25, 0.3) is 16.8 Å². The van der Waals surface area contributed by atoms with Gasteiger partial charge >= 0.3 is 0 Å². The first-order chi connectivity index (χ1) is 18.5. The van der Waals surface area contributed by atoms with Crippen molar-refractivity contribution in [3.8, 4) is 11.1 Å². The van der Waals surface area contributed by atoms with Crippen LogP contribution in [0.5, 0.6) is 0 Å². The molecule has 1 fully saturated rings. The molecule has 2 aromatic heterocycles. The minimum Gasteiger partial charge on any atom is -0.342 e. The molecule has 1 atom stereocenters. The monoisotopic (exact) mass is 507 g/mol. The van der Waals surface area contributed by atoms with Crippen molar-refractivity contribution in [3.63, 3.8) is 0 Å². The molecular weight excluding hydrogens is 470 g/mol. The Morgan fingerprint density at radius 1 is 1.05 bits per heavy atom. The number of allylic oxidation sites excluding steroid dienone is 1. The summed E-state index contributed by atoms with van der Waals surface area (Å²) in [5, 5.41) is 0. The zero-order valence-corrected chi connectivity index (χ0v) is 23.0. The van der Waals surface area contributed by atoms with Gasteiger partial charge in [0.25, 0.3) is 0 Å². The van der Waals surface area contributed by atoms with Gasteiger partial charge in [-0.05, 0) is 54.5 Å². The highest BCUT2D eigenvalue weighted by molar-refractivity contribution is 5.90. The highest BCUT2D eigenvalue weighted by Gasteiger charge is 2.29. The van der Waals surface area contributed by atoms with E-state index < -0.39 is 0 Å². The Balaban J connectivity index is 1.47. The third-order valence-electron chi connectivity index (χ3n) is 7.65. The number of aromatic nitrogens is 4. The Kier molecular flexibility index (Phi) is 7.63. The van der Waals surface area contributed by atoms with Crippen LogP contribution in [0.4, 0.5) is 0 Å². The smallest absolute Gasteiger partial charge is 0.206 e. The summed E-state index contributed by atoms with van der Waals surface area (Å²) < 4.78 is 0. The summed E-state index contributed by atoms with van der Waals surface area (Å²) in [7, 11) is 2.04. The Morgan fingerprint density at radius 2 is 1.92 bits per heavy atom. The number of hydrogen-bond donors (Lipinski definition) is 0. The number of likely N-dealkylation sites (tertiary alicyclic amines) is 1. The molecule has 0 aliphatic carbocycles. The van der Waals surface area contributed by atoms with E-state index in [-0.39, 0.29) is 0 Å². The lowest BCUT2D eigenvalue weighted by molar-refractivity contribution is 0.283. The lowest BCUT2D eigenvalue weighted by Gasteiger charge is -2.40. The predicted octanol–water partition coefficient (Wildman–Crippen LogP) is 5.66. The van der Waals surface area contributed by atoms with Crippen LogP contribution >= 0.6 is 0 Å². The molecule has 0 saturated carbocycles. The van der Waals surface area contributed by atoms with Gasteiger partial charge in [0.05, 0.1) is 17.1 Å². The van der Waals surface area contributed by atoms with Gasteiger partial charge in [-0.15, -0.1) is 0 Å². The quantitative estimate of drug-likeness (QED) is 0.429. The molecule has 4 heterocycles. The minimum absolute atomic E-state index is 0.414. The van der Waals surface area contributed by atoms with Crippen LogP contribution in [0.1, 0.15) is 67.9 Å². The fourth-order valence-corrected chi connectivity index (χ4v) is 5.47. The van der Waals surface area contributed by atoms with E-state index in [1.165, 1.54) is 16.7 Å². The Labute approximate surface area is 226 Å². The van der Waals surface area contributed by atoms with Gasteiger partial charge in [-0.3, -0.25) is 0 Å². The van der Waals surface area contributed by atoms with Crippen molar-refractivity contribution < 1.29 is 0 Å². The molecule has 1 saturated heterocycles. The van der Waals surface area contributed by atoms with E-state index in [4.69, 9.17) is 9.98 Å². The first-order valence-electron chi connectivity index (χ1n) is 13.7. The van der Waals surface area contributed by atoms with Crippen LogP contribution in [-0.2, 0) is 19.3 Å². The number of likely N-dealkylation sites (N-methyl/N-ethyl adjacent to an activating group) is 1. The van der Waals surface area contributed by atoms with Crippen molar-refractivity contribution in [2.45, 2.75) is 58.8 Å². The van der Waals surface area contributed by atoms with E-state index in [9.17, 15) is 0 Å². The number of aliphatic imine (C=N–C) groups is 1. The molecule has 38 heavy (non-hydrogen) atoms. The summed E-state index contributed by atoms with van der Waals surface area (Å²) in [5.74, 6) is 2.26. The second kappa shape index (κ2) is 11.3. The van der Waals surface area contributed by atoms with Crippen molar-refractivity contribution in [1.29, 1.82) is 0 Å². The molecule has 0 amide bonds. The van der Waals surface area contributed by atoms with Crippen molar-refractivity contribution >= 4 is 11.7 Å². The van der Waals surface area contributed by atoms with Gasteiger partial charge < -0.3 is 9.80 Å². The van der Waals surface area contributed by atoms with E-state index in [0.29, 0.717) is 5.92 Å². The van der Waals surface area contributed by atoms with E-state index in [1.54, 1.807) is 12.5 Å². The molecule has 5 rings (SSSR count). The third-order valence-corrected chi connectivity index (χ3v) is 7.65. The number of piperidine rings is 1. The third kappa shape index (κ3) is 5.10. The normalized spacial score (nSPS) is 17.9. The maximum atomic E-state index is 5.04. The number of guanidine groups is 1. The van der Waals surface area contributed by atoms with E-state index >= 15 is 0 Å². The summed E-state index contributed by atoms with van der Waals surface area (Å²) in [4.78, 5) is 27.5. The summed E-state index contributed by atoms with van der Waals surface area (Å²) in [6, 6.07) is 8.84. The zero-order valence-electron chi connectivity index (χ0n) is 23.0. The largest absolute Gasteiger partial charge is 0.342 e. The van der Waals surface area contributed by atoms with Crippen LogP contribution in [0.3, 0.4) is 0 Å². The number of benzene rings is 1. The fourth-order valence-electron chi connectivity index (χ4n) is 5.47. The standard InChI is InChI=1S/C31H37N7/c1-6-22-11-12-23(26-18-33-30(8-3)35-27(26)7-2)17-25(22)24-10-9-15-38(19-24)31-36-29(16-21(4)37(31)5)28-13-14-32-20-34-28/h11-14,16-18,20,24H,4,6-10,15,19H2,1-3,5H3. The number of nitrogens with zero attached hydrogens (tertiary/aromatic N) is 7. The molecule has 0 radical (unpaired) electrons. The van der Waals surface area contributed by atoms with Gasteiger partial charge in [0.1, 0.15) is 12.2 Å². The molecule has 2 aliphatic rings. The summed E-state index contributed by atoms with van der Waals surface area (Å²) in [6.45, 7) is 12.7. The first-order valence-corrected chi connectivity index (χ1v) is 13.7. The van der Waals surface area contributed by atoms with E-state index in [0.717, 1.165) is 85.3 Å². The number of rotatable bonds is 6. The average Bonchev–Trinajstić information content (AvgIpc) is 2.98. The van der Waals surface area contributed by atoms with Crippen molar-refractivity contribution in [2.75, 3.05) is 20.1 Å². The SMILES string of the molecule is C=C1C=C(c2ccncn2)N=C(N2CCCC(c3cc(-c4cnc(CC)nc4CC)ccc3CC)C2)N1C. The molecule has 1 aromatic carbocycles. The summed E-state index contributed by atoms with van der Waals surface area (Å²) >= 11 is 0. The van der Waals surface area contributed by atoms with Gasteiger partial charge in [-0.25, -0.2) is 24.9 Å². The van der Waals surface area contributed by atoms with Crippen molar-refractivity contribution in [3.05, 3.63) is 89.7 Å². The molecular formula is C31H37N7. The molecule has 196 valence electrons. The van der Waals surface area contributed by atoms with E-state index in [1.807, 2.05) is 25.4 Å². The molecule has 7 nitrogen and oxygen atoms in total. The highest BCUT2D eigenvalue weighted by Crippen LogP contribution is 2.35. The summed E-state index contributed by atoms with van der Waals surface area (Å²) in [5.41, 5.74) is 8.87. The second-order valence-electron chi connectivity index (χ2n) is 9.99. The van der Waals surface area contributed by atoms with Crippen LogP contribution in [0.2, 0.25) is 0 Å². The molecule has 3 aromatic rings. The molecule has 7 heteroatoms. The highest BCUT2D eigenvalue weighted by atomic mass is 15.4. The first kappa shape index (κ1) is 25.8. The van der Waals surface area contributed by atoms with Gasteiger partial charge in [-0.1, -0.05) is 45.5 Å². The maximum Gasteiger partial charge on any atom is 0.206 e. The molecule has 1 unspecified atom stereocenters. The number of hydrogen-bond acceptors (Lipinski definition) is 7.